The molecule has 90 valence electrons. The van der Waals surface area contributed by atoms with E-state index in [1.807, 2.05) is 0 Å². The number of hydrogen-bond donors (Lipinski definition) is 1. The summed E-state index contributed by atoms with van der Waals surface area (Å²) in [7, 11) is 0. The van der Waals surface area contributed by atoms with Crippen LogP contribution in [0.2, 0.25) is 0 Å². The summed E-state index contributed by atoms with van der Waals surface area (Å²) in [6.07, 6.45) is 1.19. The zero-order valence-electron chi connectivity index (χ0n) is 10.2. The first-order chi connectivity index (χ1) is 7.66. The molecule has 2 unspecified atom stereocenters. The second-order valence-corrected chi connectivity index (χ2v) is 5.82. The maximum atomic E-state index is 5.41. The van der Waals surface area contributed by atoms with E-state index >= 15 is 0 Å². The predicted octanol–water partition coefficient (Wildman–Crippen LogP) is 2.27. The fourth-order valence-corrected chi connectivity index (χ4v) is 2.99. The zero-order valence-corrected chi connectivity index (χ0v) is 11.1. The van der Waals surface area contributed by atoms with Crippen LogP contribution in [-0.4, -0.2) is 24.2 Å². The first-order valence-corrected chi connectivity index (χ1v) is 6.72. The van der Waals surface area contributed by atoms with Gasteiger partial charge in [-0.1, -0.05) is 0 Å². The highest BCUT2D eigenvalue weighted by molar-refractivity contribution is 7.11. The summed E-state index contributed by atoms with van der Waals surface area (Å²) in [6.45, 7) is 9.18. The fraction of sp³-hybridized carbons (Fsp3) is 0.750. The molecule has 0 spiro atoms. The van der Waals surface area contributed by atoms with Gasteiger partial charge in [-0.25, -0.2) is 4.98 Å². The maximum absolute atomic E-state index is 5.41. The van der Waals surface area contributed by atoms with Crippen LogP contribution >= 0.6 is 11.3 Å². The zero-order chi connectivity index (χ0) is 11.5. The molecular weight excluding hydrogens is 220 g/mol. The molecule has 1 aliphatic rings. The van der Waals surface area contributed by atoms with Crippen molar-refractivity contribution in [3.63, 3.8) is 0 Å². The fourth-order valence-electron chi connectivity index (χ4n) is 2.10. The number of hydrogen-bond acceptors (Lipinski definition) is 4. The molecule has 0 aromatic carbocycles. The van der Waals surface area contributed by atoms with Crippen molar-refractivity contribution in [1.82, 2.24) is 10.3 Å². The number of aromatic nitrogens is 1. The number of rotatable bonds is 4. The standard InChI is InChI=1S/C12H20N2OS/c1-8(11-4-5-15-7-11)13-6-12-9(2)14-10(3)16-12/h8,11,13H,4-7H2,1-3H3. The average molecular weight is 240 g/mol. The molecule has 0 aliphatic carbocycles. The Labute approximate surface area is 101 Å². The van der Waals surface area contributed by atoms with Crippen molar-refractivity contribution in [1.29, 1.82) is 0 Å². The molecule has 0 bridgehead atoms. The third kappa shape index (κ3) is 2.81. The SMILES string of the molecule is Cc1nc(C)c(CNC(C)C2CCOC2)s1. The molecular formula is C12H20N2OS. The van der Waals surface area contributed by atoms with E-state index in [1.54, 1.807) is 11.3 Å². The lowest BCUT2D eigenvalue weighted by Crippen LogP contribution is -2.33. The summed E-state index contributed by atoms with van der Waals surface area (Å²) in [6, 6.07) is 0.532. The van der Waals surface area contributed by atoms with E-state index in [0.717, 1.165) is 24.8 Å². The summed E-state index contributed by atoms with van der Waals surface area (Å²) in [5.41, 5.74) is 1.17. The smallest absolute Gasteiger partial charge is 0.0900 e. The molecule has 3 nitrogen and oxygen atoms in total. The van der Waals surface area contributed by atoms with E-state index in [1.165, 1.54) is 17.0 Å². The Hall–Kier alpha value is -0.450. The van der Waals surface area contributed by atoms with Gasteiger partial charge in [0, 0.05) is 24.1 Å². The second-order valence-electron chi connectivity index (χ2n) is 4.53. The molecule has 1 aliphatic heterocycles. The summed E-state index contributed by atoms with van der Waals surface area (Å²) < 4.78 is 5.41. The molecule has 1 aromatic heterocycles. The van der Waals surface area contributed by atoms with Crippen molar-refractivity contribution in [2.75, 3.05) is 13.2 Å². The van der Waals surface area contributed by atoms with Crippen molar-refractivity contribution in [2.24, 2.45) is 5.92 Å². The average Bonchev–Trinajstić information content (AvgIpc) is 2.84. The van der Waals surface area contributed by atoms with Gasteiger partial charge in [-0.3, -0.25) is 0 Å². The normalized spacial score (nSPS) is 22.6. The van der Waals surface area contributed by atoms with Crippen LogP contribution in [0.25, 0.3) is 0 Å². The lowest BCUT2D eigenvalue weighted by Gasteiger charge is -2.18. The van der Waals surface area contributed by atoms with E-state index < -0.39 is 0 Å². The molecule has 1 saturated heterocycles. The van der Waals surface area contributed by atoms with E-state index in [2.05, 4.69) is 31.1 Å². The molecule has 2 atom stereocenters. The molecule has 2 heterocycles. The summed E-state index contributed by atoms with van der Waals surface area (Å²) in [4.78, 5) is 5.80. The number of nitrogens with one attached hydrogen (secondary N) is 1. The number of nitrogens with zero attached hydrogens (tertiary/aromatic N) is 1. The van der Waals surface area contributed by atoms with Crippen LogP contribution in [0.3, 0.4) is 0 Å². The third-order valence-corrected chi connectivity index (χ3v) is 4.33. The number of aryl methyl sites for hydroxylation is 2. The largest absolute Gasteiger partial charge is 0.381 e. The lowest BCUT2D eigenvalue weighted by atomic mass is 10.0. The van der Waals surface area contributed by atoms with Crippen LogP contribution in [0.15, 0.2) is 0 Å². The summed E-state index contributed by atoms with van der Waals surface area (Å²) >= 11 is 1.79. The Morgan fingerprint density at radius 1 is 1.56 bits per heavy atom. The van der Waals surface area contributed by atoms with Crippen molar-refractivity contribution in [3.05, 3.63) is 15.6 Å². The molecule has 1 aromatic rings. The highest BCUT2D eigenvalue weighted by atomic mass is 32.1. The first-order valence-electron chi connectivity index (χ1n) is 5.91. The van der Waals surface area contributed by atoms with Gasteiger partial charge < -0.3 is 10.1 Å². The summed E-state index contributed by atoms with van der Waals surface area (Å²) in [5.74, 6) is 0.675. The first kappa shape index (κ1) is 12.0. The molecule has 16 heavy (non-hydrogen) atoms. The van der Waals surface area contributed by atoms with Gasteiger partial charge in [0.15, 0.2) is 0 Å². The third-order valence-electron chi connectivity index (χ3n) is 3.26. The molecule has 0 saturated carbocycles. The monoisotopic (exact) mass is 240 g/mol. The molecule has 1 fully saturated rings. The van der Waals surface area contributed by atoms with Gasteiger partial charge in [-0.15, -0.1) is 11.3 Å². The highest BCUT2D eigenvalue weighted by Gasteiger charge is 2.22. The Morgan fingerprint density at radius 3 is 2.94 bits per heavy atom. The van der Waals surface area contributed by atoms with Crippen molar-refractivity contribution in [2.45, 2.75) is 39.8 Å². The van der Waals surface area contributed by atoms with E-state index in [9.17, 15) is 0 Å². The van der Waals surface area contributed by atoms with Crippen molar-refractivity contribution >= 4 is 11.3 Å². The topological polar surface area (TPSA) is 34.2 Å². The molecule has 2 rings (SSSR count). The molecule has 0 radical (unpaired) electrons. The van der Waals surface area contributed by atoms with Crippen LogP contribution in [-0.2, 0) is 11.3 Å². The van der Waals surface area contributed by atoms with Crippen LogP contribution in [0.5, 0.6) is 0 Å². The van der Waals surface area contributed by atoms with Gasteiger partial charge in [0.2, 0.25) is 0 Å². The Balaban J connectivity index is 1.84. The Morgan fingerprint density at radius 2 is 2.38 bits per heavy atom. The maximum Gasteiger partial charge on any atom is 0.0900 e. The van der Waals surface area contributed by atoms with E-state index in [0.29, 0.717) is 12.0 Å². The van der Waals surface area contributed by atoms with Crippen molar-refractivity contribution in [3.8, 4) is 0 Å². The second kappa shape index (κ2) is 5.25. The van der Waals surface area contributed by atoms with E-state index in [-0.39, 0.29) is 0 Å². The van der Waals surface area contributed by atoms with Gasteiger partial charge in [0.05, 0.1) is 17.3 Å². The number of ether oxygens (including phenoxy) is 1. The summed E-state index contributed by atoms with van der Waals surface area (Å²) in [5, 5.41) is 4.74. The quantitative estimate of drug-likeness (QED) is 0.876. The van der Waals surface area contributed by atoms with Gasteiger partial charge in [-0.2, -0.15) is 0 Å². The molecule has 0 amide bonds. The highest BCUT2D eigenvalue weighted by Crippen LogP contribution is 2.19. The van der Waals surface area contributed by atoms with Gasteiger partial charge in [0.1, 0.15) is 0 Å². The van der Waals surface area contributed by atoms with Crippen LogP contribution in [0, 0.1) is 19.8 Å². The molecule has 4 heteroatoms. The number of thiazole rings is 1. The minimum atomic E-state index is 0.532. The van der Waals surface area contributed by atoms with Crippen LogP contribution < -0.4 is 5.32 Å². The van der Waals surface area contributed by atoms with Gasteiger partial charge >= 0.3 is 0 Å². The minimum Gasteiger partial charge on any atom is -0.381 e. The van der Waals surface area contributed by atoms with Crippen LogP contribution in [0.4, 0.5) is 0 Å². The Bertz CT molecular complexity index is 345. The lowest BCUT2D eigenvalue weighted by molar-refractivity contribution is 0.178. The van der Waals surface area contributed by atoms with Gasteiger partial charge in [-0.05, 0) is 33.1 Å². The van der Waals surface area contributed by atoms with E-state index in [4.69, 9.17) is 4.74 Å². The van der Waals surface area contributed by atoms with Crippen molar-refractivity contribution < 1.29 is 4.74 Å². The van der Waals surface area contributed by atoms with Gasteiger partial charge in [0.25, 0.3) is 0 Å². The minimum absolute atomic E-state index is 0.532. The molecule has 1 N–H and O–H groups in total. The Kier molecular flexibility index (Phi) is 3.95. The van der Waals surface area contributed by atoms with Crippen LogP contribution in [0.1, 0.15) is 28.9 Å². The predicted molar refractivity (Wildman–Crippen MR) is 66.8 cm³/mol.